The number of rotatable bonds is 3. The molecule has 0 bridgehead atoms. The van der Waals surface area contributed by atoms with Crippen LogP contribution in [-0.2, 0) is 11.3 Å². The third-order valence-corrected chi connectivity index (χ3v) is 2.81. The third-order valence-electron chi connectivity index (χ3n) is 2.81. The van der Waals surface area contributed by atoms with Crippen LogP contribution in [0.2, 0.25) is 0 Å². The average molecular weight is 268 g/mol. The van der Waals surface area contributed by atoms with Crippen LogP contribution in [0.1, 0.15) is 23.2 Å². The van der Waals surface area contributed by atoms with E-state index in [4.69, 9.17) is 14.3 Å². The van der Waals surface area contributed by atoms with Crippen molar-refractivity contribution in [1.82, 2.24) is 10.2 Å². The first-order valence-corrected chi connectivity index (χ1v) is 6.02. The van der Waals surface area contributed by atoms with Crippen LogP contribution in [-0.4, -0.2) is 47.8 Å². The number of aromatic carboxylic acids is 1. The van der Waals surface area contributed by atoms with E-state index in [1.54, 1.807) is 4.90 Å². The molecule has 7 nitrogen and oxygen atoms in total. The van der Waals surface area contributed by atoms with Gasteiger partial charge in [0.05, 0.1) is 19.3 Å². The van der Waals surface area contributed by atoms with Crippen LogP contribution in [0.5, 0.6) is 0 Å². The summed E-state index contributed by atoms with van der Waals surface area (Å²) in [5.74, 6) is -0.851. The minimum atomic E-state index is -1.13. The van der Waals surface area contributed by atoms with Crippen LogP contribution in [0.25, 0.3) is 0 Å². The molecule has 1 aromatic heterocycles. The zero-order chi connectivity index (χ0) is 13.8. The number of carboxylic acid groups (broad SMARTS) is 1. The van der Waals surface area contributed by atoms with E-state index in [9.17, 15) is 9.59 Å². The lowest BCUT2D eigenvalue weighted by Gasteiger charge is -2.31. The Balaban J connectivity index is 1.84. The molecule has 1 aliphatic rings. The Morgan fingerprint density at radius 1 is 1.53 bits per heavy atom. The summed E-state index contributed by atoms with van der Waals surface area (Å²) in [4.78, 5) is 24.2. The molecule has 7 heteroatoms. The maximum absolute atomic E-state index is 11.9. The van der Waals surface area contributed by atoms with Gasteiger partial charge in [0.2, 0.25) is 5.76 Å². The van der Waals surface area contributed by atoms with Crippen molar-refractivity contribution in [2.24, 2.45) is 0 Å². The van der Waals surface area contributed by atoms with Gasteiger partial charge < -0.3 is 24.5 Å². The maximum atomic E-state index is 11.9. The first kappa shape index (κ1) is 13.4. The minimum Gasteiger partial charge on any atom is -0.475 e. The molecule has 2 N–H and O–H groups in total. The summed E-state index contributed by atoms with van der Waals surface area (Å²) in [6.07, 6.45) is 0.0294. The molecule has 2 rings (SSSR count). The monoisotopic (exact) mass is 268 g/mol. The molecule has 1 unspecified atom stereocenters. The average Bonchev–Trinajstić information content (AvgIpc) is 2.85. The molecule has 2 heterocycles. The Bertz CT molecular complexity index is 470. The summed E-state index contributed by atoms with van der Waals surface area (Å²) in [6, 6.07) is 2.69. The second kappa shape index (κ2) is 5.75. The second-order valence-corrected chi connectivity index (χ2v) is 4.36. The number of nitrogens with one attached hydrogen (secondary N) is 1. The lowest BCUT2D eigenvalue weighted by Crippen LogP contribution is -2.48. The van der Waals surface area contributed by atoms with Crippen LogP contribution in [0.4, 0.5) is 4.79 Å². The number of hydrogen-bond donors (Lipinski definition) is 2. The predicted molar refractivity (Wildman–Crippen MR) is 64.9 cm³/mol. The number of furan rings is 1. The van der Waals surface area contributed by atoms with Crippen LogP contribution >= 0.6 is 0 Å². The number of morpholine rings is 1. The van der Waals surface area contributed by atoms with E-state index in [-0.39, 0.29) is 24.4 Å². The van der Waals surface area contributed by atoms with E-state index in [0.29, 0.717) is 25.5 Å². The van der Waals surface area contributed by atoms with Gasteiger partial charge in [-0.15, -0.1) is 0 Å². The molecule has 0 aliphatic carbocycles. The highest BCUT2D eigenvalue weighted by Gasteiger charge is 2.21. The number of amides is 2. The zero-order valence-corrected chi connectivity index (χ0v) is 10.6. The molecule has 0 spiro atoms. The number of carboxylic acids is 1. The Hall–Kier alpha value is -2.02. The number of nitrogens with zero attached hydrogens (tertiary/aromatic N) is 1. The topological polar surface area (TPSA) is 92.0 Å². The summed E-state index contributed by atoms with van der Waals surface area (Å²) < 4.78 is 10.4. The summed E-state index contributed by atoms with van der Waals surface area (Å²) in [6.45, 7) is 3.69. The molecule has 1 aromatic rings. The molecule has 1 fully saturated rings. The van der Waals surface area contributed by atoms with E-state index in [0.717, 1.165) is 0 Å². The summed E-state index contributed by atoms with van der Waals surface area (Å²) in [7, 11) is 0. The van der Waals surface area contributed by atoms with Crippen LogP contribution in [0.3, 0.4) is 0 Å². The van der Waals surface area contributed by atoms with Crippen molar-refractivity contribution in [1.29, 1.82) is 0 Å². The van der Waals surface area contributed by atoms with Crippen molar-refractivity contribution in [3.63, 3.8) is 0 Å². The Morgan fingerprint density at radius 2 is 2.32 bits per heavy atom. The van der Waals surface area contributed by atoms with Gasteiger partial charge >= 0.3 is 12.0 Å². The molecule has 1 saturated heterocycles. The molecule has 2 amide bonds. The van der Waals surface area contributed by atoms with E-state index in [1.165, 1.54) is 12.1 Å². The van der Waals surface area contributed by atoms with Gasteiger partial charge in [-0.05, 0) is 19.1 Å². The van der Waals surface area contributed by atoms with Crippen molar-refractivity contribution in [2.45, 2.75) is 19.6 Å². The zero-order valence-electron chi connectivity index (χ0n) is 10.6. The van der Waals surface area contributed by atoms with Gasteiger partial charge in [0, 0.05) is 13.1 Å². The van der Waals surface area contributed by atoms with E-state index >= 15 is 0 Å². The predicted octanol–water partition coefficient (Wildman–Crippen LogP) is 0.908. The van der Waals surface area contributed by atoms with Crippen molar-refractivity contribution in [3.8, 4) is 0 Å². The Kier molecular flexibility index (Phi) is 4.06. The highest BCUT2D eigenvalue weighted by atomic mass is 16.5. The highest BCUT2D eigenvalue weighted by molar-refractivity contribution is 5.84. The highest BCUT2D eigenvalue weighted by Crippen LogP contribution is 2.08. The second-order valence-electron chi connectivity index (χ2n) is 4.36. The fourth-order valence-corrected chi connectivity index (χ4v) is 1.87. The Morgan fingerprint density at radius 3 is 2.95 bits per heavy atom. The summed E-state index contributed by atoms with van der Waals surface area (Å²) >= 11 is 0. The largest absolute Gasteiger partial charge is 0.475 e. The molecule has 0 saturated carbocycles. The molecule has 0 radical (unpaired) electrons. The number of carbonyl (C=O) groups is 2. The number of ether oxygens (including phenoxy) is 1. The van der Waals surface area contributed by atoms with Gasteiger partial charge in [-0.3, -0.25) is 0 Å². The quantitative estimate of drug-likeness (QED) is 0.850. The van der Waals surface area contributed by atoms with Crippen LogP contribution in [0.15, 0.2) is 16.5 Å². The molecule has 1 atom stereocenters. The molecule has 19 heavy (non-hydrogen) atoms. The van der Waals surface area contributed by atoms with Crippen molar-refractivity contribution >= 4 is 12.0 Å². The van der Waals surface area contributed by atoms with Crippen LogP contribution in [0, 0.1) is 0 Å². The van der Waals surface area contributed by atoms with E-state index < -0.39 is 5.97 Å². The van der Waals surface area contributed by atoms with Gasteiger partial charge in [-0.25, -0.2) is 9.59 Å². The molecular formula is C12H16N2O5. The third kappa shape index (κ3) is 3.47. The smallest absolute Gasteiger partial charge is 0.371 e. The van der Waals surface area contributed by atoms with Gasteiger partial charge in [0.15, 0.2) is 0 Å². The number of urea groups is 1. The van der Waals surface area contributed by atoms with Crippen LogP contribution < -0.4 is 5.32 Å². The van der Waals surface area contributed by atoms with E-state index in [1.807, 2.05) is 6.92 Å². The maximum Gasteiger partial charge on any atom is 0.371 e. The van der Waals surface area contributed by atoms with Crippen molar-refractivity contribution in [2.75, 3.05) is 19.7 Å². The lowest BCUT2D eigenvalue weighted by molar-refractivity contribution is -0.00357. The summed E-state index contributed by atoms with van der Waals surface area (Å²) in [5.41, 5.74) is 0. The molecular weight excluding hydrogens is 252 g/mol. The van der Waals surface area contributed by atoms with Gasteiger partial charge in [-0.2, -0.15) is 0 Å². The molecule has 0 aromatic carbocycles. The van der Waals surface area contributed by atoms with E-state index in [2.05, 4.69) is 5.32 Å². The standard InChI is InChI=1S/C12H16N2O5/c1-8-7-14(4-5-18-8)12(17)13-6-9-2-3-10(19-9)11(15)16/h2-3,8H,4-7H2,1H3,(H,13,17)(H,15,16). The van der Waals surface area contributed by atoms with Gasteiger partial charge in [-0.1, -0.05) is 0 Å². The molecule has 1 aliphatic heterocycles. The minimum absolute atomic E-state index is 0.0294. The van der Waals surface area contributed by atoms with Gasteiger partial charge in [0.25, 0.3) is 0 Å². The van der Waals surface area contributed by atoms with Crippen molar-refractivity contribution < 1.29 is 23.8 Å². The van der Waals surface area contributed by atoms with Crippen molar-refractivity contribution in [3.05, 3.63) is 23.7 Å². The molecule has 104 valence electrons. The normalized spacial score (nSPS) is 19.2. The number of carbonyl (C=O) groups excluding carboxylic acids is 1. The lowest BCUT2D eigenvalue weighted by atomic mass is 10.3. The fourth-order valence-electron chi connectivity index (χ4n) is 1.87. The van der Waals surface area contributed by atoms with Gasteiger partial charge in [0.1, 0.15) is 5.76 Å². The first-order valence-electron chi connectivity index (χ1n) is 6.02. The number of hydrogen-bond acceptors (Lipinski definition) is 4. The SMILES string of the molecule is CC1CN(C(=O)NCc2ccc(C(=O)O)o2)CCO1. The Labute approximate surface area is 110 Å². The fraction of sp³-hybridized carbons (Fsp3) is 0.500. The first-order chi connectivity index (χ1) is 9.06. The summed E-state index contributed by atoms with van der Waals surface area (Å²) in [5, 5.41) is 11.4.